The fourth-order valence-corrected chi connectivity index (χ4v) is 3.61. The number of H-pyrrole nitrogens is 1. The van der Waals surface area contributed by atoms with Gasteiger partial charge in [0.2, 0.25) is 0 Å². The minimum absolute atomic E-state index is 0.0200. The van der Waals surface area contributed by atoms with Gasteiger partial charge in [-0.15, -0.1) is 0 Å². The molecule has 8 heteroatoms. The molecule has 0 fully saturated rings. The minimum atomic E-state index is -0.600. The van der Waals surface area contributed by atoms with Crippen molar-refractivity contribution in [3.8, 4) is 5.75 Å². The molecule has 1 atom stereocenters. The van der Waals surface area contributed by atoms with E-state index in [4.69, 9.17) is 4.74 Å². The second-order valence-corrected chi connectivity index (χ2v) is 7.55. The van der Waals surface area contributed by atoms with Crippen molar-refractivity contribution >= 4 is 29.0 Å². The van der Waals surface area contributed by atoms with Crippen molar-refractivity contribution in [2.24, 2.45) is 0 Å². The van der Waals surface area contributed by atoms with Crippen LogP contribution in [0.3, 0.4) is 0 Å². The molecule has 4 N–H and O–H groups in total. The fourth-order valence-electron chi connectivity index (χ4n) is 3.61. The Morgan fingerprint density at radius 2 is 1.82 bits per heavy atom. The van der Waals surface area contributed by atoms with Gasteiger partial charge >= 0.3 is 0 Å². The van der Waals surface area contributed by atoms with Crippen LogP contribution in [-0.4, -0.2) is 46.1 Å². The Morgan fingerprint density at radius 3 is 2.53 bits per heavy atom. The van der Waals surface area contributed by atoms with Crippen LogP contribution < -0.4 is 10.1 Å². The van der Waals surface area contributed by atoms with Crippen LogP contribution in [0.1, 0.15) is 33.2 Å². The lowest BCUT2D eigenvalue weighted by atomic mass is 10.0. The number of nitrogens with one attached hydrogen (secondary N) is 2. The van der Waals surface area contributed by atoms with Gasteiger partial charge in [-0.1, -0.05) is 48.5 Å². The average molecular weight is 461 g/mol. The second-order valence-electron chi connectivity index (χ2n) is 7.55. The Bertz CT molecular complexity index is 1290. The normalized spacial score (nSPS) is 12.2. The number of fused-ring (bicyclic) bond motifs is 1. The Labute approximate surface area is 195 Å². The first-order valence-electron chi connectivity index (χ1n) is 10.8. The molecule has 3 aromatic carbocycles. The summed E-state index contributed by atoms with van der Waals surface area (Å²) in [7, 11) is 0. The number of rotatable bonds is 9. The predicted octanol–water partition coefficient (Wildman–Crippen LogP) is 3.71. The molecule has 34 heavy (non-hydrogen) atoms. The zero-order valence-electron chi connectivity index (χ0n) is 18.2. The highest BCUT2D eigenvalue weighted by Crippen LogP contribution is 2.33. The van der Waals surface area contributed by atoms with Gasteiger partial charge < -0.3 is 20.3 Å². The predicted molar refractivity (Wildman–Crippen MR) is 128 cm³/mol. The van der Waals surface area contributed by atoms with Crippen molar-refractivity contribution in [3.05, 3.63) is 94.9 Å². The Kier molecular flexibility index (Phi) is 7.31. The third kappa shape index (κ3) is 5.14. The van der Waals surface area contributed by atoms with Gasteiger partial charge in [0.05, 0.1) is 41.4 Å². The van der Waals surface area contributed by atoms with Crippen LogP contribution in [-0.2, 0) is 0 Å². The summed E-state index contributed by atoms with van der Waals surface area (Å²) in [5, 5.41) is 29.8. The van der Waals surface area contributed by atoms with Gasteiger partial charge in [0.25, 0.3) is 5.91 Å². The summed E-state index contributed by atoms with van der Waals surface area (Å²) < 4.78 is 19.0. The number of hydrogen-bond acceptors (Lipinski definition) is 5. The van der Waals surface area contributed by atoms with E-state index in [0.717, 1.165) is 11.1 Å². The smallest absolute Gasteiger partial charge is 0.255 e. The number of aromatic nitrogens is 2. The lowest BCUT2D eigenvalue weighted by molar-refractivity contribution is 0.0911. The topological polar surface area (TPSA) is 107 Å². The molecule has 4 rings (SSSR count). The van der Waals surface area contributed by atoms with E-state index < -0.39 is 11.9 Å². The summed E-state index contributed by atoms with van der Waals surface area (Å²) in [6, 6.07) is 17.9. The molecular formula is C26H24FN3O4. The zero-order valence-corrected chi connectivity index (χ0v) is 18.2. The van der Waals surface area contributed by atoms with Crippen molar-refractivity contribution < 1.29 is 24.1 Å². The van der Waals surface area contributed by atoms with Crippen LogP contribution in [0.15, 0.2) is 66.7 Å². The summed E-state index contributed by atoms with van der Waals surface area (Å²) in [5.41, 5.74) is 2.95. The number of halogens is 1. The Hall–Kier alpha value is -4.01. The van der Waals surface area contributed by atoms with Crippen LogP contribution >= 0.6 is 0 Å². The molecule has 1 amide bonds. The van der Waals surface area contributed by atoms with Crippen LogP contribution in [0.25, 0.3) is 23.1 Å². The van der Waals surface area contributed by atoms with E-state index in [1.54, 1.807) is 36.4 Å². The first-order valence-corrected chi connectivity index (χ1v) is 10.8. The molecule has 0 aliphatic rings. The van der Waals surface area contributed by atoms with Gasteiger partial charge in [0.1, 0.15) is 18.2 Å². The highest BCUT2D eigenvalue weighted by molar-refractivity contribution is 6.05. The molecule has 0 spiro atoms. The van der Waals surface area contributed by atoms with Gasteiger partial charge in [-0.2, -0.15) is 5.10 Å². The van der Waals surface area contributed by atoms with Crippen LogP contribution in [0.2, 0.25) is 0 Å². The number of ether oxygens (including phenoxy) is 1. The lowest BCUT2D eigenvalue weighted by Crippen LogP contribution is -2.31. The van der Waals surface area contributed by atoms with Crippen LogP contribution in [0.5, 0.6) is 5.75 Å². The van der Waals surface area contributed by atoms with Crippen molar-refractivity contribution in [3.63, 3.8) is 0 Å². The Balaban J connectivity index is 1.70. The molecule has 0 aliphatic carbocycles. The van der Waals surface area contributed by atoms with Crippen molar-refractivity contribution in [1.82, 2.24) is 15.5 Å². The maximum absolute atomic E-state index is 13.2. The third-order valence-electron chi connectivity index (χ3n) is 5.29. The number of nitrogens with zero attached hydrogens (tertiary/aromatic N) is 1. The van der Waals surface area contributed by atoms with E-state index in [2.05, 4.69) is 15.5 Å². The number of carbonyl (C=O) groups excluding carboxylic acids is 1. The molecule has 0 saturated carbocycles. The maximum Gasteiger partial charge on any atom is 0.255 e. The van der Waals surface area contributed by atoms with Crippen LogP contribution in [0.4, 0.5) is 4.39 Å². The number of amides is 1. The first kappa shape index (κ1) is 23.2. The highest BCUT2D eigenvalue weighted by atomic mass is 19.1. The first-order chi connectivity index (χ1) is 16.6. The second kappa shape index (κ2) is 10.7. The van der Waals surface area contributed by atoms with E-state index in [1.807, 2.05) is 30.3 Å². The molecule has 1 aromatic heterocycles. The molecule has 0 unspecified atom stereocenters. The van der Waals surface area contributed by atoms with E-state index in [0.29, 0.717) is 16.6 Å². The maximum atomic E-state index is 13.2. The molecule has 0 aliphatic heterocycles. The quantitative estimate of drug-likeness (QED) is 0.304. The van der Waals surface area contributed by atoms with Crippen LogP contribution in [0, 0.1) is 5.82 Å². The zero-order chi connectivity index (χ0) is 23.9. The summed E-state index contributed by atoms with van der Waals surface area (Å²) in [6.07, 6.45) is 3.54. The summed E-state index contributed by atoms with van der Waals surface area (Å²) in [6.45, 7) is -0.532. The minimum Gasteiger partial charge on any atom is -0.490 e. The molecular weight excluding hydrogens is 437 g/mol. The summed E-state index contributed by atoms with van der Waals surface area (Å²) in [5.74, 6) is -0.495. The number of benzene rings is 3. The third-order valence-corrected chi connectivity index (χ3v) is 5.29. The number of carbonyl (C=O) groups is 1. The molecule has 0 saturated heterocycles. The van der Waals surface area contributed by atoms with Gasteiger partial charge in [0, 0.05) is 0 Å². The number of hydrogen-bond donors (Lipinski definition) is 4. The van der Waals surface area contributed by atoms with Gasteiger partial charge in [-0.05, 0) is 41.5 Å². The largest absolute Gasteiger partial charge is 0.490 e. The highest BCUT2D eigenvalue weighted by Gasteiger charge is 2.22. The average Bonchev–Trinajstić information content (AvgIpc) is 3.29. The van der Waals surface area contributed by atoms with Crippen molar-refractivity contribution in [2.75, 3.05) is 19.8 Å². The molecule has 4 aromatic rings. The number of aliphatic hydroxyl groups excluding tert-OH is 2. The molecule has 174 valence electrons. The van der Waals surface area contributed by atoms with E-state index in [-0.39, 0.29) is 37.0 Å². The number of aromatic amines is 1. The monoisotopic (exact) mass is 461 g/mol. The molecule has 0 radical (unpaired) electrons. The van der Waals surface area contributed by atoms with E-state index in [1.165, 1.54) is 12.1 Å². The van der Waals surface area contributed by atoms with Gasteiger partial charge in [-0.3, -0.25) is 9.89 Å². The standard InChI is InChI=1S/C26H24FN3O4/c27-19-9-6-17(7-10-19)8-12-21-24-22(30-29-21)13-11-20(25(24)34-15-14-31)26(33)28-23(16-32)18-4-2-1-3-5-18/h1-13,23,31-32H,14-16H2,(H,28,33)(H,29,30)/b12-8+/t23-/m1/s1. The van der Waals surface area contributed by atoms with Crippen molar-refractivity contribution in [1.29, 1.82) is 0 Å². The van der Waals surface area contributed by atoms with Gasteiger partial charge in [-0.25, -0.2) is 4.39 Å². The van der Waals surface area contributed by atoms with Crippen molar-refractivity contribution in [2.45, 2.75) is 6.04 Å². The number of aliphatic hydroxyl groups is 2. The molecule has 0 bridgehead atoms. The molecule has 1 heterocycles. The lowest BCUT2D eigenvalue weighted by Gasteiger charge is -2.18. The van der Waals surface area contributed by atoms with E-state index in [9.17, 15) is 19.4 Å². The summed E-state index contributed by atoms with van der Waals surface area (Å²) >= 11 is 0. The molecule has 7 nitrogen and oxygen atoms in total. The SMILES string of the molecule is O=C(N[C@H](CO)c1ccccc1)c1ccc2n[nH]c(/C=C/c3ccc(F)cc3)c2c1OCCO. The van der Waals surface area contributed by atoms with E-state index >= 15 is 0 Å². The van der Waals surface area contributed by atoms with Gasteiger partial charge in [0.15, 0.2) is 0 Å². The summed E-state index contributed by atoms with van der Waals surface area (Å²) in [4.78, 5) is 13.2. The Morgan fingerprint density at radius 1 is 1.06 bits per heavy atom. The fraction of sp³-hybridized carbons (Fsp3) is 0.154.